The Hall–Kier alpha value is -1.26. The molecule has 1 rings (SSSR count). The zero-order valence-corrected chi connectivity index (χ0v) is 9.77. The van der Waals surface area contributed by atoms with Crippen LogP contribution in [0.25, 0.3) is 0 Å². The number of nitrogens with one attached hydrogen (secondary N) is 1. The van der Waals surface area contributed by atoms with E-state index in [4.69, 9.17) is 9.47 Å². The molecule has 4 heteroatoms. The Morgan fingerprint density at radius 1 is 1.25 bits per heavy atom. The van der Waals surface area contributed by atoms with Gasteiger partial charge in [-0.3, -0.25) is 0 Å². The molecule has 0 aliphatic carbocycles. The molecule has 1 unspecified atom stereocenters. The molecule has 90 valence electrons. The van der Waals surface area contributed by atoms with Gasteiger partial charge < -0.3 is 19.9 Å². The van der Waals surface area contributed by atoms with Crippen LogP contribution in [0.3, 0.4) is 0 Å². The number of aliphatic hydroxyl groups excluding tert-OH is 1. The predicted molar refractivity (Wildman–Crippen MR) is 64.0 cm³/mol. The molecule has 0 aliphatic rings. The SMILES string of the molecule is CCOCC(O)COc1ccc(NC)cc1. The molecule has 0 spiro atoms. The molecule has 0 saturated heterocycles. The highest BCUT2D eigenvalue weighted by atomic mass is 16.5. The maximum Gasteiger partial charge on any atom is 0.119 e. The van der Waals surface area contributed by atoms with Crippen molar-refractivity contribution in [3.8, 4) is 5.75 Å². The first kappa shape index (κ1) is 12.8. The number of anilines is 1. The minimum atomic E-state index is -0.580. The summed E-state index contributed by atoms with van der Waals surface area (Å²) in [5.74, 6) is 0.745. The lowest BCUT2D eigenvalue weighted by Crippen LogP contribution is -2.23. The first-order valence-corrected chi connectivity index (χ1v) is 5.42. The van der Waals surface area contributed by atoms with Gasteiger partial charge in [0.05, 0.1) is 6.61 Å². The fourth-order valence-electron chi connectivity index (χ4n) is 1.21. The summed E-state index contributed by atoms with van der Waals surface area (Å²) in [4.78, 5) is 0. The van der Waals surface area contributed by atoms with Gasteiger partial charge in [0.2, 0.25) is 0 Å². The lowest BCUT2D eigenvalue weighted by Gasteiger charge is -2.12. The number of hydrogen-bond donors (Lipinski definition) is 2. The Morgan fingerprint density at radius 2 is 1.94 bits per heavy atom. The standard InChI is InChI=1S/C12H19NO3/c1-3-15-8-11(14)9-16-12-6-4-10(13-2)5-7-12/h4-7,11,13-14H,3,8-9H2,1-2H3. The third-order valence-electron chi connectivity index (χ3n) is 2.10. The van der Waals surface area contributed by atoms with E-state index in [0.717, 1.165) is 11.4 Å². The number of aliphatic hydroxyl groups is 1. The summed E-state index contributed by atoms with van der Waals surface area (Å²) in [6.45, 7) is 3.06. The van der Waals surface area contributed by atoms with Gasteiger partial charge in [-0.2, -0.15) is 0 Å². The second kappa shape index (κ2) is 7.09. The molecule has 16 heavy (non-hydrogen) atoms. The second-order valence-electron chi connectivity index (χ2n) is 3.40. The normalized spacial score (nSPS) is 12.2. The molecule has 0 fully saturated rings. The van der Waals surface area contributed by atoms with Crippen LogP contribution in [0.15, 0.2) is 24.3 Å². The van der Waals surface area contributed by atoms with Gasteiger partial charge in [-0.15, -0.1) is 0 Å². The lowest BCUT2D eigenvalue weighted by molar-refractivity contribution is 0.0164. The maximum absolute atomic E-state index is 9.48. The van der Waals surface area contributed by atoms with Gasteiger partial charge in [0.15, 0.2) is 0 Å². The van der Waals surface area contributed by atoms with Crippen molar-refractivity contribution in [3.63, 3.8) is 0 Å². The molecule has 0 bridgehead atoms. The first-order chi connectivity index (χ1) is 7.76. The van der Waals surface area contributed by atoms with Crippen LogP contribution < -0.4 is 10.1 Å². The van der Waals surface area contributed by atoms with Crippen molar-refractivity contribution in [2.45, 2.75) is 13.0 Å². The van der Waals surface area contributed by atoms with Crippen LogP contribution >= 0.6 is 0 Å². The van der Waals surface area contributed by atoms with Gasteiger partial charge in [0, 0.05) is 19.3 Å². The average Bonchev–Trinajstić information content (AvgIpc) is 2.34. The fourth-order valence-corrected chi connectivity index (χ4v) is 1.21. The molecule has 0 amide bonds. The lowest BCUT2D eigenvalue weighted by atomic mass is 10.3. The Balaban J connectivity index is 2.30. The number of hydrogen-bond acceptors (Lipinski definition) is 4. The third-order valence-corrected chi connectivity index (χ3v) is 2.10. The highest BCUT2D eigenvalue weighted by Gasteiger charge is 2.04. The van der Waals surface area contributed by atoms with Crippen LogP contribution in [0.1, 0.15) is 6.92 Å². The summed E-state index contributed by atoms with van der Waals surface area (Å²) in [6, 6.07) is 7.56. The van der Waals surface area contributed by atoms with Gasteiger partial charge in [0.25, 0.3) is 0 Å². The highest BCUT2D eigenvalue weighted by molar-refractivity contribution is 5.45. The van der Waals surface area contributed by atoms with Crippen LogP contribution in [0, 0.1) is 0 Å². The van der Waals surface area contributed by atoms with Gasteiger partial charge in [-0.05, 0) is 31.2 Å². The monoisotopic (exact) mass is 225 g/mol. The molecule has 1 aromatic carbocycles. The molecule has 0 aromatic heterocycles. The van der Waals surface area contributed by atoms with Gasteiger partial charge in [-0.1, -0.05) is 0 Å². The summed E-state index contributed by atoms with van der Waals surface area (Å²) >= 11 is 0. The Morgan fingerprint density at radius 3 is 2.50 bits per heavy atom. The quantitative estimate of drug-likeness (QED) is 0.738. The topological polar surface area (TPSA) is 50.7 Å². The second-order valence-corrected chi connectivity index (χ2v) is 3.40. The first-order valence-electron chi connectivity index (χ1n) is 5.42. The van der Waals surface area contributed by atoms with E-state index in [2.05, 4.69) is 5.32 Å². The molecule has 2 N–H and O–H groups in total. The highest BCUT2D eigenvalue weighted by Crippen LogP contribution is 2.15. The van der Waals surface area contributed by atoms with Crippen molar-refractivity contribution in [1.29, 1.82) is 0 Å². The van der Waals surface area contributed by atoms with E-state index in [1.54, 1.807) is 0 Å². The van der Waals surface area contributed by atoms with E-state index in [1.165, 1.54) is 0 Å². The molecule has 0 radical (unpaired) electrons. The molecule has 0 saturated carbocycles. The zero-order chi connectivity index (χ0) is 11.8. The number of benzene rings is 1. The largest absolute Gasteiger partial charge is 0.491 e. The fraction of sp³-hybridized carbons (Fsp3) is 0.500. The molecule has 0 heterocycles. The Bertz CT molecular complexity index is 287. The molecule has 1 aromatic rings. The summed E-state index contributed by atoms with van der Waals surface area (Å²) in [7, 11) is 1.86. The van der Waals surface area contributed by atoms with Crippen LogP contribution in [0.4, 0.5) is 5.69 Å². The van der Waals surface area contributed by atoms with Gasteiger partial charge in [0.1, 0.15) is 18.5 Å². The van der Waals surface area contributed by atoms with Crippen molar-refractivity contribution < 1.29 is 14.6 Å². The van der Waals surface area contributed by atoms with Gasteiger partial charge in [-0.25, -0.2) is 0 Å². The summed E-state index contributed by atoms with van der Waals surface area (Å²) < 4.78 is 10.5. The Kier molecular flexibility index (Phi) is 5.67. The summed E-state index contributed by atoms with van der Waals surface area (Å²) in [5.41, 5.74) is 1.03. The number of rotatable bonds is 7. The molecule has 1 atom stereocenters. The van der Waals surface area contributed by atoms with Crippen LogP contribution in [0.2, 0.25) is 0 Å². The summed E-state index contributed by atoms with van der Waals surface area (Å²) in [6.07, 6.45) is -0.580. The number of ether oxygens (including phenoxy) is 2. The predicted octanol–water partition coefficient (Wildman–Crippen LogP) is 1.50. The zero-order valence-electron chi connectivity index (χ0n) is 9.77. The molecular weight excluding hydrogens is 206 g/mol. The average molecular weight is 225 g/mol. The minimum Gasteiger partial charge on any atom is -0.491 e. The van der Waals surface area contributed by atoms with E-state index >= 15 is 0 Å². The van der Waals surface area contributed by atoms with E-state index < -0.39 is 6.10 Å². The molecular formula is C12H19NO3. The van der Waals surface area contributed by atoms with Crippen molar-refractivity contribution in [1.82, 2.24) is 0 Å². The van der Waals surface area contributed by atoms with E-state index in [-0.39, 0.29) is 6.61 Å². The van der Waals surface area contributed by atoms with Crippen molar-refractivity contribution in [2.24, 2.45) is 0 Å². The minimum absolute atomic E-state index is 0.249. The van der Waals surface area contributed by atoms with Crippen molar-refractivity contribution in [3.05, 3.63) is 24.3 Å². The van der Waals surface area contributed by atoms with Crippen molar-refractivity contribution >= 4 is 5.69 Å². The molecule has 4 nitrogen and oxygen atoms in total. The van der Waals surface area contributed by atoms with E-state index in [0.29, 0.717) is 13.2 Å². The third kappa shape index (κ3) is 4.51. The van der Waals surface area contributed by atoms with Crippen LogP contribution in [0.5, 0.6) is 5.75 Å². The van der Waals surface area contributed by atoms with Crippen LogP contribution in [-0.2, 0) is 4.74 Å². The summed E-state index contributed by atoms with van der Waals surface area (Å²) in [5, 5.41) is 12.5. The van der Waals surface area contributed by atoms with Gasteiger partial charge >= 0.3 is 0 Å². The van der Waals surface area contributed by atoms with Crippen LogP contribution in [-0.4, -0.2) is 38.1 Å². The van der Waals surface area contributed by atoms with Crippen molar-refractivity contribution in [2.75, 3.05) is 32.2 Å². The van der Waals surface area contributed by atoms with E-state index in [1.807, 2.05) is 38.2 Å². The smallest absolute Gasteiger partial charge is 0.119 e. The maximum atomic E-state index is 9.48. The Labute approximate surface area is 96.2 Å². The van der Waals surface area contributed by atoms with E-state index in [9.17, 15) is 5.11 Å². The molecule has 0 aliphatic heterocycles.